The molecule has 1 fully saturated rings. The highest BCUT2D eigenvalue weighted by Crippen LogP contribution is 2.38. The lowest BCUT2D eigenvalue weighted by atomic mass is 9.73. The minimum Gasteiger partial charge on any atom is -0.444 e. The van der Waals surface area contributed by atoms with Crippen LogP contribution in [-0.2, 0) is 14.9 Å². The highest BCUT2D eigenvalue weighted by Gasteiger charge is 2.39. The van der Waals surface area contributed by atoms with Crippen LogP contribution >= 0.6 is 11.6 Å². The molecule has 1 aliphatic heterocycles. The summed E-state index contributed by atoms with van der Waals surface area (Å²) >= 11 is 6.39. The van der Waals surface area contributed by atoms with Crippen molar-refractivity contribution in [2.75, 3.05) is 19.7 Å². The third-order valence-corrected chi connectivity index (χ3v) is 6.95. The number of nitrogens with zero attached hydrogens (tertiary/aromatic N) is 2. The second-order valence-electron chi connectivity index (χ2n) is 10.4. The smallest absolute Gasteiger partial charge is 0.410 e. The quantitative estimate of drug-likeness (QED) is 0.519. The molecule has 1 aliphatic rings. The van der Waals surface area contributed by atoms with Gasteiger partial charge in [-0.15, -0.1) is 0 Å². The fourth-order valence-corrected chi connectivity index (χ4v) is 4.92. The number of hydrogen-bond donors (Lipinski definition) is 1. The SMILES string of the molecule is Bc1n[nH]c2c([C@H](C)OCC3(c4ccc(F)cc4)CCN(C(=O)OC(C)(C)C)CC3)cc(Cl)cc12. The molecule has 1 aromatic heterocycles. The number of aromatic nitrogens is 2. The zero-order chi connectivity index (χ0) is 25.4. The molecule has 0 aliphatic carbocycles. The second-order valence-corrected chi connectivity index (χ2v) is 10.9. The molecule has 186 valence electrons. The maximum absolute atomic E-state index is 13.7. The topological polar surface area (TPSA) is 67.5 Å². The van der Waals surface area contributed by atoms with Gasteiger partial charge in [-0.3, -0.25) is 5.10 Å². The maximum Gasteiger partial charge on any atom is 0.410 e. The van der Waals surface area contributed by atoms with Gasteiger partial charge in [-0.1, -0.05) is 23.7 Å². The minimum absolute atomic E-state index is 0.253. The molecule has 4 rings (SSSR count). The van der Waals surface area contributed by atoms with E-state index in [4.69, 9.17) is 21.1 Å². The van der Waals surface area contributed by atoms with Gasteiger partial charge in [0.2, 0.25) is 0 Å². The molecular weight excluding hydrogens is 468 g/mol. The molecule has 9 heteroatoms. The van der Waals surface area contributed by atoms with Crippen LogP contribution in [0.4, 0.5) is 9.18 Å². The van der Waals surface area contributed by atoms with Crippen LogP contribution in [0.3, 0.4) is 0 Å². The zero-order valence-electron chi connectivity index (χ0n) is 21.0. The third-order valence-electron chi connectivity index (χ3n) is 6.74. The van der Waals surface area contributed by atoms with E-state index < -0.39 is 5.60 Å². The van der Waals surface area contributed by atoms with E-state index >= 15 is 0 Å². The van der Waals surface area contributed by atoms with Gasteiger partial charge in [-0.2, -0.15) is 5.10 Å². The number of rotatable bonds is 5. The molecule has 0 spiro atoms. The first-order chi connectivity index (χ1) is 16.5. The van der Waals surface area contributed by atoms with Crippen molar-refractivity contribution < 1.29 is 18.7 Å². The third kappa shape index (κ3) is 5.65. The van der Waals surface area contributed by atoms with E-state index in [0.29, 0.717) is 37.6 Å². The van der Waals surface area contributed by atoms with E-state index in [2.05, 4.69) is 10.2 Å². The lowest BCUT2D eigenvalue weighted by Gasteiger charge is -2.42. The highest BCUT2D eigenvalue weighted by atomic mass is 35.5. The van der Waals surface area contributed by atoms with Gasteiger partial charge >= 0.3 is 6.09 Å². The molecule has 1 atom stereocenters. The van der Waals surface area contributed by atoms with E-state index in [0.717, 1.165) is 27.6 Å². The molecule has 2 aromatic carbocycles. The van der Waals surface area contributed by atoms with Gasteiger partial charge in [0.25, 0.3) is 0 Å². The summed E-state index contributed by atoms with van der Waals surface area (Å²) in [5.41, 5.74) is 2.83. The van der Waals surface area contributed by atoms with E-state index in [1.54, 1.807) is 4.90 Å². The van der Waals surface area contributed by atoms with Crippen LogP contribution in [0.5, 0.6) is 0 Å². The van der Waals surface area contributed by atoms with Crippen molar-refractivity contribution in [3.05, 3.63) is 58.4 Å². The number of H-pyrrole nitrogens is 1. The van der Waals surface area contributed by atoms with Crippen LogP contribution in [0.15, 0.2) is 36.4 Å². The number of ether oxygens (including phenoxy) is 2. The summed E-state index contributed by atoms with van der Waals surface area (Å²) in [6.45, 7) is 9.07. The van der Waals surface area contributed by atoms with Crippen LogP contribution in [0.25, 0.3) is 10.9 Å². The van der Waals surface area contributed by atoms with E-state index in [-0.39, 0.29) is 23.4 Å². The summed E-state index contributed by atoms with van der Waals surface area (Å²) in [5.74, 6) is -0.277. The lowest BCUT2D eigenvalue weighted by Crippen LogP contribution is -2.48. The van der Waals surface area contributed by atoms with Crippen LogP contribution in [-0.4, -0.2) is 54.3 Å². The molecule has 2 heterocycles. The fraction of sp³-hybridized carbons (Fsp3) is 0.462. The van der Waals surface area contributed by atoms with Crippen molar-refractivity contribution in [3.8, 4) is 0 Å². The number of halogens is 2. The Bertz CT molecular complexity index is 1200. The number of fused-ring (bicyclic) bond motifs is 1. The maximum atomic E-state index is 13.7. The van der Waals surface area contributed by atoms with E-state index in [1.807, 2.05) is 59.8 Å². The largest absolute Gasteiger partial charge is 0.444 e. The van der Waals surface area contributed by atoms with Gasteiger partial charge in [-0.05, 0) is 70.4 Å². The Balaban J connectivity index is 1.55. The predicted octanol–water partition coefficient (Wildman–Crippen LogP) is 4.66. The van der Waals surface area contributed by atoms with Crippen LogP contribution < -0.4 is 5.59 Å². The number of nitrogens with one attached hydrogen (secondary N) is 1. The first-order valence-corrected chi connectivity index (χ1v) is 12.3. The average Bonchev–Trinajstić information content (AvgIpc) is 3.17. The Morgan fingerprint density at radius 2 is 1.91 bits per heavy atom. The Labute approximate surface area is 211 Å². The van der Waals surface area contributed by atoms with Crippen LogP contribution in [0.1, 0.15) is 57.8 Å². The van der Waals surface area contributed by atoms with Crippen molar-refractivity contribution >= 4 is 42.0 Å². The first kappa shape index (κ1) is 25.5. The standard InChI is InChI=1S/C26H32BClFN3O3/c1-16(20-13-18(28)14-21-22(20)30-31-23(21)27)34-15-26(17-5-7-19(29)8-6-17)9-11-32(12-10-26)24(33)35-25(2,3)4/h5-8,13-14,16H,9-12,15,27H2,1-4H3,(H,30,31)/t16-/m0/s1. The first-order valence-electron chi connectivity index (χ1n) is 12.0. The van der Waals surface area contributed by atoms with Crippen molar-refractivity contribution in [3.63, 3.8) is 0 Å². The number of aromatic amines is 1. The number of hydrogen-bond acceptors (Lipinski definition) is 4. The molecular formula is C26H32BClFN3O3. The van der Waals surface area contributed by atoms with Crippen molar-refractivity contribution in [2.24, 2.45) is 0 Å². The number of likely N-dealkylation sites (tertiary alicyclic amines) is 1. The molecule has 35 heavy (non-hydrogen) atoms. The predicted molar refractivity (Wildman–Crippen MR) is 139 cm³/mol. The van der Waals surface area contributed by atoms with Gasteiger partial charge in [-0.25, -0.2) is 9.18 Å². The summed E-state index contributed by atoms with van der Waals surface area (Å²) in [4.78, 5) is 14.4. The fourth-order valence-electron chi connectivity index (χ4n) is 4.70. The number of amides is 1. The molecule has 0 bridgehead atoms. The molecule has 1 amide bonds. The molecule has 0 unspecified atom stereocenters. The molecule has 6 nitrogen and oxygen atoms in total. The van der Waals surface area contributed by atoms with Gasteiger partial charge < -0.3 is 14.4 Å². The Kier molecular flexibility index (Phi) is 7.16. The second kappa shape index (κ2) is 9.82. The molecule has 1 N–H and O–H groups in total. The zero-order valence-corrected chi connectivity index (χ0v) is 21.7. The number of benzene rings is 2. The number of carbonyl (C=O) groups excluding carboxylic acids is 1. The summed E-state index contributed by atoms with van der Waals surface area (Å²) < 4.78 is 25.7. The van der Waals surface area contributed by atoms with Crippen molar-refractivity contribution in [1.29, 1.82) is 0 Å². The summed E-state index contributed by atoms with van der Waals surface area (Å²) in [7, 11) is 1.94. The minimum atomic E-state index is -0.547. The highest BCUT2D eigenvalue weighted by molar-refractivity contribution is 6.38. The van der Waals surface area contributed by atoms with Crippen LogP contribution in [0, 0.1) is 5.82 Å². The van der Waals surface area contributed by atoms with Crippen LogP contribution in [0.2, 0.25) is 5.02 Å². The van der Waals surface area contributed by atoms with Gasteiger partial charge in [0, 0.05) is 40.1 Å². The van der Waals surface area contributed by atoms with E-state index in [1.165, 1.54) is 12.1 Å². The summed E-state index contributed by atoms with van der Waals surface area (Å²) in [5, 5.41) is 9.03. The Hall–Kier alpha value is -2.58. The van der Waals surface area contributed by atoms with Crippen molar-refractivity contribution in [1.82, 2.24) is 15.1 Å². The molecule has 3 aromatic rings. The number of piperidine rings is 1. The monoisotopic (exact) mass is 499 g/mol. The molecule has 0 radical (unpaired) electrons. The van der Waals surface area contributed by atoms with E-state index in [9.17, 15) is 9.18 Å². The summed E-state index contributed by atoms with van der Waals surface area (Å²) in [6.07, 6.45) is 0.796. The van der Waals surface area contributed by atoms with Gasteiger partial charge in [0.05, 0.1) is 18.2 Å². The Morgan fingerprint density at radius 1 is 1.26 bits per heavy atom. The Morgan fingerprint density at radius 3 is 2.54 bits per heavy atom. The molecule has 1 saturated heterocycles. The van der Waals surface area contributed by atoms with Crippen molar-refractivity contribution in [2.45, 2.75) is 57.7 Å². The average molecular weight is 500 g/mol. The molecule has 0 saturated carbocycles. The van der Waals surface area contributed by atoms with Gasteiger partial charge in [0.1, 0.15) is 11.4 Å². The summed E-state index contributed by atoms with van der Waals surface area (Å²) in [6, 6.07) is 10.4. The normalized spacial score (nSPS) is 16.9. The lowest BCUT2D eigenvalue weighted by molar-refractivity contribution is -0.00933. The van der Waals surface area contributed by atoms with Gasteiger partial charge in [0.15, 0.2) is 7.85 Å². The number of carbonyl (C=O) groups is 1.